The first kappa shape index (κ1) is 16.3. The van der Waals surface area contributed by atoms with Crippen molar-refractivity contribution in [2.45, 2.75) is 45.9 Å². The molecule has 3 rings (SSSR count). The van der Waals surface area contributed by atoms with Gasteiger partial charge in [0.15, 0.2) is 5.79 Å². The Labute approximate surface area is 136 Å². The van der Waals surface area contributed by atoms with E-state index in [1.165, 1.54) is 0 Å². The molecule has 2 saturated heterocycles. The lowest BCUT2D eigenvalue weighted by Gasteiger charge is -2.39. The van der Waals surface area contributed by atoms with Gasteiger partial charge < -0.3 is 24.2 Å². The quantitative estimate of drug-likeness (QED) is 0.920. The summed E-state index contributed by atoms with van der Waals surface area (Å²) < 4.78 is 16.6. The molecule has 7 nitrogen and oxygen atoms in total. The molecule has 0 spiro atoms. The van der Waals surface area contributed by atoms with E-state index in [1.807, 2.05) is 25.7 Å². The maximum atomic E-state index is 12.5. The zero-order valence-electron chi connectivity index (χ0n) is 14.1. The molecule has 0 unspecified atom stereocenters. The molecule has 23 heavy (non-hydrogen) atoms. The van der Waals surface area contributed by atoms with Crippen LogP contribution < -0.4 is 5.32 Å². The second kappa shape index (κ2) is 6.49. The van der Waals surface area contributed by atoms with Crippen molar-refractivity contribution < 1.29 is 18.8 Å². The number of piperidine rings is 1. The number of nitrogens with one attached hydrogen (secondary N) is 1. The summed E-state index contributed by atoms with van der Waals surface area (Å²) >= 11 is 0. The fourth-order valence-corrected chi connectivity index (χ4v) is 3.39. The Kier molecular flexibility index (Phi) is 4.59. The molecule has 0 aromatic carbocycles. The number of ether oxygens (including phenoxy) is 2. The molecule has 1 aromatic heterocycles. The van der Waals surface area contributed by atoms with Gasteiger partial charge in [0, 0.05) is 31.1 Å². The molecule has 2 aliphatic heterocycles. The third kappa shape index (κ3) is 3.35. The average Bonchev–Trinajstić information content (AvgIpc) is 3.13. The van der Waals surface area contributed by atoms with Gasteiger partial charge in [-0.25, -0.2) is 4.79 Å². The molecule has 1 aromatic rings. The molecule has 7 heteroatoms. The number of rotatable bonds is 3. The lowest BCUT2D eigenvalue weighted by atomic mass is 9.90. The maximum absolute atomic E-state index is 12.5. The number of aryl methyl sites for hydroxylation is 2. The van der Waals surface area contributed by atoms with E-state index in [9.17, 15) is 4.79 Å². The van der Waals surface area contributed by atoms with Crippen LogP contribution in [0.15, 0.2) is 4.52 Å². The summed E-state index contributed by atoms with van der Waals surface area (Å²) in [6.45, 7) is 8.83. The summed E-state index contributed by atoms with van der Waals surface area (Å²) in [5.41, 5.74) is 1.76. The SMILES string of the molecule is Cc1noc(C)c1CNC(=O)N1CCC[C@H](C2(C)OCCO2)C1. The van der Waals surface area contributed by atoms with Crippen LogP contribution in [0.2, 0.25) is 0 Å². The smallest absolute Gasteiger partial charge is 0.317 e. The van der Waals surface area contributed by atoms with Gasteiger partial charge in [-0.3, -0.25) is 0 Å². The molecule has 1 atom stereocenters. The van der Waals surface area contributed by atoms with Crippen molar-refractivity contribution in [2.75, 3.05) is 26.3 Å². The van der Waals surface area contributed by atoms with Crippen LogP contribution >= 0.6 is 0 Å². The first-order valence-electron chi connectivity index (χ1n) is 8.22. The van der Waals surface area contributed by atoms with E-state index in [4.69, 9.17) is 14.0 Å². The second-order valence-corrected chi connectivity index (χ2v) is 6.46. The third-order valence-electron chi connectivity index (χ3n) is 4.91. The molecule has 0 bridgehead atoms. The van der Waals surface area contributed by atoms with E-state index in [-0.39, 0.29) is 11.9 Å². The number of amides is 2. The fraction of sp³-hybridized carbons (Fsp3) is 0.750. The van der Waals surface area contributed by atoms with Crippen LogP contribution in [-0.2, 0) is 16.0 Å². The minimum atomic E-state index is -0.555. The Bertz CT molecular complexity index is 546. The van der Waals surface area contributed by atoms with Crippen molar-refractivity contribution >= 4 is 6.03 Å². The monoisotopic (exact) mass is 323 g/mol. The molecular formula is C16H25N3O4. The minimum absolute atomic E-state index is 0.0590. The van der Waals surface area contributed by atoms with E-state index < -0.39 is 5.79 Å². The predicted molar refractivity (Wildman–Crippen MR) is 82.8 cm³/mol. The van der Waals surface area contributed by atoms with Crippen LogP contribution in [0, 0.1) is 19.8 Å². The number of carbonyl (C=O) groups excluding carboxylic acids is 1. The number of hydrogen-bond donors (Lipinski definition) is 1. The van der Waals surface area contributed by atoms with Gasteiger partial charge in [-0.2, -0.15) is 0 Å². The van der Waals surface area contributed by atoms with Gasteiger partial charge in [-0.15, -0.1) is 0 Å². The number of likely N-dealkylation sites (tertiary alicyclic amines) is 1. The van der Waals surface area contributed by atoms with Crippen molar-refractivity contribution in [3.8, 4) is 0 Å². The Morgan fingerprint density at radius 2 is 2.13 bits per heavy atom. The maximum Gasteiger partial charge on any atom is 0.317 e. The molecule has 2 fully saturated rings. The normalized spacial score (nSPS) is 24.0. The van der Waals surface area contributed by atoms with E-state index in [0.717, 1.165) is 36.4 Å². The number of carbonyl (C=O) groups is 1. The summed E-state index contributed by atoms with van der Waals surface area (Å²) in [5, 5.41) is 6.87. The lowest BCUT2D eigenvalue weighted by Crippen LogP contribution is -2.51. The van der Waals surface area contributed by atoms with E-state index in [0.29, 0.717) is 26.3 Å². The summed E-state index contributed by atoms with van der Waals surface area (Å²) in [5.74, 6) is 0.406. The highest BCUT2D eigenvalue weighted by Gasteiger charge is 2.42. The van der Waals surface area contributed by atoms with Gasteiger partial charge in [0.05, 0.1) is 18.9 Å². The Hall–Kier alpha value is -1.60. The topological polar surface area (TPSA) is 76.8 Å². The zero-order chi connectivity index (χ0) is 16.4. The van der Waals surface area contributed by atoms with Gasteiger partial charge in [0.2, 0.25) is 0 Å². The van der Waals surface area contributed by atoms with E-state index in [1.54, 1.807) is 0 Å². The zero-order valence-corrected chi connectivity index (χ0v) is 14.1. The molecule has 0 radical (unpaired) electrons. The summed E-state index contributed by atoms with van der Waals surface area (Å²) in [7, 11) is 0. The van der Waals surface area contributed by atoms with Crippen LogP contribution in [-0.4, -0.2) is 48.2 Å². The Balaban J connectivity index is 1.57. The van der Waals surface area contributed by atoms with Gasteiger partial charge >= 0.3 is 6.03 Å². The van der Waals surface area contributed by atoms with E-state index >= 15 is 0 Å². The van der Waals surface area contributed by atoms with Crippen molar-refractivity contribution in [3.05, 3.63) is 17.0 Å². The summed E-state index contributed by atoms with van der Waals surface area (Å²) in [4.78, 5) is 14.3. The first-order valence-corrected chi connectivity index (χ1v) is 8.22. The van der Waals surface area contributed by atoms with Crippen LogP contribution in [0.1, 0.15) is 36.8 Å². The number of aromatic nitrogens is 1. The van der Waals surface area contributed by atoms with Gasteiger partial charge in [-0.05, 0) is 33.6 Å². The molecule has 3 heterocycles. The minimum Gasteiger partial charge on any atom is -0.361 e. The van der Waals surface area contributed by atoms with Crippen LogP contribution in [0.4, 0.5) is 4.79 Å². The first-order chi connectivity index (χ1) is 11.0. The van der Waals surface area contributed by atoms with Crippen molar-refractivity contribution in [1.29, 1.82) is 0 Å². The molecular weight excluding hydrogens is 298 g/mol. The van der Waals surface area contributed by atoms with Gasteiger partial charge in [0.1, 0.15) is 5.76 Å². The lowest BCUT2D eigenvalue weighted by molar-refractivity contribution is -0.189. The van der Waals surface area contributed by atoms with Crippen molar-refractivity contribution in [3.63, 3.8) is 0 Å². The largest absolute Gasteiger partial charge is 0.361 e. The average molecular weight is 323 g/mol. The van der Waals surface area contributed by atoms with E-state index in [2.05, 4.69) is 10.5 Å². The second-order valence-electron chi connectivity index (χ2n) is 6.46. The molecule has 0 aliphatic carbocycles. The van der Waals surface area contributed by atoms with Crippen LogP contribution in [0.5, 0.6) is 0 Å². The highest BCUT2D eigenvalue weighted by atomic mass is 16.7. The highest BCUT2D eigenvalue weighted by molar-refractivity contribution is 5.74. The Morgan fingerprint density at radius 1 is 1.39 bits per heavy atom. The fourth-order valence-electron chi connectivity index (χ4n) is 3.39. The summed E-state index contributed by atoms with van der Waals surface area (Å²) in [6, 6.07) is -0.0590. The molecule has 1 N–H and O–H groups in total. The predicted octanol–water partition coefficient (Wildman–Crippen LogP) is 1.98. The van der Waals surface area contributed by atoms with Crippen molar-refractivity contribution in [1.82, 2.24) is 15.4 Å². The number of hydrogen-bond acceptors (Lipinski definition) is 5. The highest BCUT2D eigenvalue weighted by Crippen LogP contribution is 2.34. The van der Waals surface area contributed by atoms with Gasteiger partial charge in [-0.1, -0.05) is 5.16 Å². The molecule has 0 saturated carbocycles. The Morgan fingerprint density at radius 3 is 2.78 bits per heavy atom. The number of urea groups is 1. The van der Waals surface area contributed by atoms with Gasteiger partial charge in [0.25, 0.3) is 0 Å². The van der Waals surface area contributed by atoms with Crippen molar-refractivity contribution in [2.24, 2.45) is 5.92 Å². The molecule has 2 aliphatic rings. The number of nitrogens with zero attached hydrogens (tertiary/aromatic N) is 2. The molecule has 128 valence electrons. The standard InChI is InChI=1S/C16H25N3O4/c1-11-14(12(2)23-18-11)9-17-15(20)19-6-4-5-13(10-19)16(3)21-7-8-22-16/h13H,4-10H2,1-3H3,(H,17,20)/t13-/m0/s1. The third-order valence-corrected chi connectivity index (χ3v) is 4.91. The summed E-state index contributed by atoms with van der Waals surface area (Å²) in [6.07, 6.45) is 1.98. The molecule has 2 amide bonds. The van der Waals surface area contributed by atoms with Crippen LogP contribution in [0.3, 0.4) is 0 Å². The van der Waals surface area contributed by atoms with Crippen LogP contribution in [0.25, 0.3) is 0 Å².